The van der Waals surface area contributed by atoms with E-state index in [0.29, 0.717) is 17.5 Å². The standard InChI is InChI=1S/C17H15NO5/c1-23-16-14(10-4-2-6-12(8-10)17(19)20)9-11-5-3-7-13(11)15(16)18(21)22/h2,4,6,8-9H,3,5,7H2,1H3,(H,19,20). The maximum atomic E-state index is 11.5. The van der Waals surface area contributed by atoms with Gasteiger partial charge in [-0.2, -0.15) is 0 Å². The van der Waals surface area contributed by atoms with E-state index in [1.807, 2.05) is 6.07 Å². The SMILES string of the molecule is COc1c(-c2cccc(C(=O)O)c2)cc2c(c1[N+](=O)[O-])CCC2. The molecule has 0 saturated heterocycles. The lowest BCUT2D eigenvalue weighted by molar-refractivity contribution is -0.386. The molecule has 118 valence electrons. The van der Waals surface area contributed by atoms with Crippen LogP contribution in [0.15, 0.2) is 30.3 Å². The number of nitro groups is 1. The van der Waals surface area contributed by atoms with Crippen LogP contribution in [-0.4, -0.2) is 23.1 Å². The van der Waals surface area contributed by atoms with E-state index >= 15 is 0 Å². The van der Waals surface area contributed by atoms with Crippen LogP contribution in [-0.2, 0) is 12.8 Å². The predicted octanol–water partition coefficient (Wildman–Crippen LogP) is 3.46. The van der Waals surface area contributed by atoms with Gasteiger partial charge >= 0.3 is 11.7 Å². The number of aromatic carboxylic acids is 1. The summed E-state index contributed by atoms with van der Waals surface area (Å²) < 4.78 is 5.33. The number of fused-ring (bicyclic) bond motifs is 1. The predicted molar refractivity (Wildman–Crippen MR) is 84.1 cm³/mol. The van der Waals surface area contributed by atoms with Gasteiger partial charge in [-0.15, -0.1) is 0 Å². The summed E-state index contributed by atoms with van der Waals surface area (Å²) in [4.78, 5) is 22.3. The van der Waals surface area contributed by atoms with Crippen molar-refractivity contribution in [1.29, 1.82) is 0 Å². The van der Waals surface area contributed by atoms with Crippen molar-refractivity contribution >= 4 is 11.7 Å². The summed E-state index contributed by atoms with van der Waals surface area (Å²) in [6, 6.07) is 8.23. The van der Waals surface area contributed by atoms with Gasteiger partial charge in [0.15, 0.2) is 0 Å². The van der Waals surface area contributed by atoms with Gasteiger partial charge in [0, 0.05) is 11.1 Å². The van der Waals surface area contributed by atoms with E-state index in [0.717, 1.165) is 24.0 Å². The molecule has 1 aliphatic carbocycles. The number of carbonyl (C=O) groups is 1. The van der Waals surface area contributed by atoms with E-state index in [4.69, 9.17) is 9.84 Å². The van der Waals surface area contributed by atoms with Gasteiger partial charge in [-0.25, -0.2) is 4.79 Å². The Balaban J connectivity index is 2.28. The summed E-state index contributed by atoms with van der Waals surface area (Å²) in [5.41, 5.74) is 2.95. The first-order valence-electron chi connectivity index (χ1n) is 7.23. The number of nitrogens with zero attached hydrogens (tertiary/aromatic N) is 1. The number of carboxylic acid groups (broad SMARTS) is 1. The number of methoxy groups -OCH3 is 1. The lowest BCUT2D eigenvalue weighted by atomic mass is 9.96. The molecule has 0 bridgehead atoms. The van der Waals surface area contributed by atoms with Gasteiger partial charge in [0.1, 0.15) is 0 Å². The van der Waals surface area contributed by atoms with Gasteiger partial charge < -0.3 is 9.84 Å². The minimum Gasteiger partial charge on any atom is -0.490 e. The molecule has 6 heteroatoms. The molecule has 0 atom stereocenters. The molecule has 1 N–H and O–H groups in total. The summed E-state index contributed by atoms with van der Waals surface area (Å²) in [5.74, 6) is -0.848. The Morgan fingerprint density at radius 1 is 1.30 bits per heavy atom. The van der Waals surface area contributed by atoms with Crippen molar-refractivity contribution in [1.82, 2.24) is 0 Å². The minimum atomic E-state index is -1.04. The average Bonchev–Trinajstić information content (AvgIpc) is 3.00. The molecule has 1 aliphatic rings. The maximum absolute atomic E-state index is 11.5. The average molecular weight is 313 g/mol. The van der Waals surface area contributed by atoms with Gasteiger partial charge in [-0.05, 0) is 48.6 Å². The molecule has 0 aromatic heterocycles. The van der Waals surface area contributed by atoms with E-state index in [1.54, 1.807) is 12.1 Å². The van der Waals surface area contributed by atoms with E-state index in [9.17, 15) is 14.9 Å². The summed E-state index contributed by atoms with van der Waals surface area (Å²) in [7, 11) is 1.40. The van der Waals surface area contributed by atoms with Crippen LogP contribution in [0.4, 0.5) is 5.69 Å². The first-order valence-corrected chi connectivity index (χ1v) is 7.23. The number of benzene rings is 2. The number of hydrogen-bond acceptors (Lipinski definition) is 4. The third kappa shape index (κ3) is 2.52. The number of nitro benzene ring substituents is 1. The van der Waals surface area contributed by atoms with Crippen molar-refractivity contribution in [2.45, 2.75) is 19.3 Å². The summed E-state index contributed by atoms with van der Waals surface area (Å²) in [6.07, 6.45) is 2.32. The van der Waals surface area contributed by atoms with E-state index in [2.05, 4.69) is 0 Å². The molecule has 0 spiro atoms. The molecule has 2 aromatic carbocycles. The largest absolute Gasteiger partial charge is 0.490 e. The zero-order valence-electron chi connectivity index (χ0n) is 12.5. The van der Waals surface area contributed by atoms with Crippen LogP contribution in [0.25, 0.3) is 11.1 Å². The number of hydrogen-bond donors (Lipinski definition) is 1. The van der Waals surface area contributed by atoms with E-state index < -0.39 is 10.9 Å². The monoisotopic (exact) mass is 313 g/mol. The molecule has 6 nitrogen and oxygen atoms in total. The maximum Gasteiger partial charge on any atom is 0.335 e. The fourth-order valence-corrected chi connectivity index (χ4v) is 3.14. The Morgan fingerprint density at radius 2 is 2.09 bits per heavy atom. The minimum absolute atomic E-state index is 0.00164. The van der Waals surface area contributed by atoms with Gasteiger partial charge in [0.25, 0.3) is 0 Å². The smallest absolute Gasteiger partial charge is 0.335 e. The van der Waals surface area contributed by atoms with E-state index in [-0.39, 0.29) is 17.0 Å². The summed E-state index contributed by atoms with van der Waals surface area (Å²) >= 11 is 0. The summed E-state index contributed by atoms with van der Waals surface area (Å²) in [6.45, 7) is 0. The van der Waals surface area contributed by atoms with Crippen LogP contribution in [0.5, 0.6) is 5.75 Å². The zero-order chi connectivity index (χ0) is 16.6. The van der Waals surface area contributed by atoms with Gasteiger partial charge in [0.05, 0.1) is 17.6 Å². The Morgan fingerprint density at radius 3 is 2.74 bits per heavy atom. The lowest BCUT2D eigenvalue weighted by Gasteiger charge is -2.13. The second-order valence-corrected chi connectivity index (χ2v) is 5.44. The zero-order valence-corrected chi connectivity index (χ0v) is 12.5. The second-order valence-electron chi connectivity index (χ2n) is 5.44. The number of carboxylic acids is 1. The first-order chi connectivity index (χ1) is 11.0. The molecule has 23 heavy (non-hydrogen) atoms. The second kappa shape index (κ2) is 5.72. The van der Waals surface area contributed by atoms with Crippen molar-refractivity contribution in [3.8, 4) is 16.9 Å². The van der Waals surface area contributed by atoms with Crippen LogP contribution >= 0.6 is 0 Å². The molecule has 0 amide bonds. The van der Waals surface area contributed by atoms with Crippen molar-refractivity contribution in [2.24, 2.45) is 0 Å². The van der Waals surface area contributed by atoms with Crippen LogP contribution in [0.1, 0.15) is 27.9 Å². The number of rotatable bonds is 4. The Kier molecular flexibility index (Phi) is 3.73. The van der Waals surface area contributed by atoms with Gasteiger partial charge in [0.2, 0.25) is 5.75 Å². The number of ether oxygens (including phenoxy) is 1. The van der Waals surface area contributed by atoms with Crippen molar-refractivity contribution in [3.05, 3.63) is 57.1 Å². The molecule has 2 aromatic rings. The first kappa shape index (κ1) is 15.0. The molecule has 0 unspecified atom stereocenters. The normalized spacial score (nSPS) is 12.7. The molecule has 0 fully saturated rings. The molecule has 0 heterocycles. The molecule has 3 rings (SSSR count). The van der Waals surface area contributed by atoms with E-state index in [1.165, 1.54) is 19.2 Å². The van der Waals surface area contributed by atoms with Crippen LogP contribution < -0.4 is 4.74 Å². The Labute approximate surface area is 132 Å². The third-order valence-electron chi connectivity index (χ3n) is 4.13. The third-order valence-corrected chi connectivity index (χ3v) is 4.13. The lowest BCUT2D eigenvalue weighted by Crippen LogP contribution is -2.02. The van der Waals surface area contributed by atoms with Gasteiger partial charge in [-0.1, -0.05) is 12.1 Å². The summed E-state index contributed by atoms with van der Waals surface area (Å²) in [5, 5.41) is 20.7. The van der Waals surface area contributed by atoms with Crippen molar-refractivity contribution in [2.75, 3.05) is 7.11 Å². The highest BCUT2D eigenvalue weighted by atomic mass is 16.6. The fraction of sp³-hybridized carbons (Fsp3) is 0.235. The molecule has 0 radical (unpaired) electrons. The Hall–Kier alpha value is -2.89. The van der Waals surface area contributed by atoms with Crippen molar-refractivity contribution < 1.29 is 19.6 Å². The molecule has 0 aliphatic heterocycles. The highest BCUT2D eigenvalue weighted by molar-refractivity contribution is 5.90. The van der Waals surface area contributed by atoms with Crippen LogP contribution in [0.3, 0.4) is 0 Å². The highest BCUT2D eigenvalue weighted by Gasteiger charge is 2.30. The Bertz CT molecular complexity index is 813. The van der Waals surface area contributed by atoms with Crippen molar-refractivity contribution in [3.63, 3.8) is 0 Å². The van der Waals surface area contributed by atoms with Crippen LogP contribution in [0.2, 0.25) is 0 Å². The topological polar surface area (TPSA) is 89.7 Å². The van der Waals surface area contributed by atoms with Gasteiger partial charge in [-0.3, -0.25) is 10.1 Å². The van der Waals surface area contributed by atoms with Crippen LogP contribution in [0, 0.1) is 10.1 Å². The highest BCUT2D eigenvalue weighted by Crippen LogP contribution is 2.45. The number of aryl methyl sites for hydroxylation is 1. The quantitative estimate of drug-likeness (QED) is 0.689. The molecule has 0 saturated carbocycles. The molecular formula is C17H15NO5. The molecular weight excluding hydrogens is 298 g/mol. The fourth-order valence-electron chi connectivity index (χ4n) is 3.14.